The van der Waals surface area contributed by atoms with Crippen LogP contribution in [0.25, 0.3) is 6.08 Å². The van der Waals surface area contributed by atoms with Crippen LogP contribution in [-0.2, 0) is 0 Å². The van der Waals surface area contributed by atoms with Crippen molar-refractivity contribution >= 4 is 33.5 Å². The lowest BCUT2D eigenvalue weighted by atomic mass is 10.1. The molecule has 0 amide bonds. The Balaban J connectivity index is 2.67. The largest absolute Gasteiger partial charge is 0.493 e. The number of halogens is 1. The summed E-state index contributed by atoms with van der Waals surface area (Å²) in [7, 11) is 4.84. The summed E-state index contributed by atoms with van der Waals surface area (Å²) in [6.45, 7) is 0. The van der Waals surface area contributed by atoms with Crippen molar-refractivity contribution < 1.29 is 14.2 Å². The summed E-state index contributed by atoms with van der Waals surface area (Å²) >= 11 is 5.90. The van der Waals surface area contributed by atoms with Crippen LogP contribution in [0.15, 0.2) is 17.0 Å². The van der Waals surface area contributed by atoms with Crippen molar-refractivity contribution in [3.8, 4) is 17.2 Å². The Bertz CT molecular complexity index is 538. The normalized spacial score (nSPS) is 16.5. The van der Waals surface area contributed by atoms with E-state index in [4.69, 9.17) is 25.8 Å². The SMILES string of the molecule is COc1cc2c(c(OC)c1OC)S(CCCl)=CC=C2. The molecule has 1 aliphatic heterocycles. The van der Waals surface area contributed by atoms with Crippen LogP contribution < -0.4 is 14.2 Å². The van der Waals surface area contributed by atoms with E-state index in [-0.39, 0.29) is 10.5 Å². The van der Waals surface area contributed by atoms with Gasteiger partial charge in [-0.1, -0.05) is 12.2 Å². The van der Waals surface area contributed by atoms with Gasteiger partial charge in [0.25, 0.3) is 0 Å². The van der Waals surface area contributed by atoms with Gasteiger partial charge in [0.15, 0.2) is 11.5 Å². The molecule has 0 aromatic heterocycles. The second-order valence-electron chi connectivity index (χ2n) is 3.88. The topological polar surface area (TPSA) is 27.7 Å². The molecular formula is C14H17ClO3S. The lowest BCUT2D eigenvalue weighted by molar-refractivity contribution is 0.319. The molecule has 2 rings (SSSR count). The quantitative estimate of drug-likeness (QED) is 0.616. The van der Waals surface area contributed by atoms with Gasteiger partial charge in [-0.15, -0.1) is 22.1 Å². The molecule has 0 aliphatic carbocycles. The van der Waals surface area contributed by atoms with Crippen molar-refractivity contribution in [1.29, 1.82) is 0 Å². The summed E-state index contributed by atoms with van der Waals surface area (Å²) < 4.78 is 16.4. The van der Waals surface area contributed by atoms with Crippen LogP contribution in [0.4, 0.5) is 0 Å². The fourth-order valence-corrected chi connectivity index (χ4v) is 4.36. The van der Waals surface area contributed by atoms with Gasteiger partial charge in [0.05, 0.1) is 26.2 Å². The van der Waals surface area contributed by atoms with Crippen LogP contribution in [0.1, 0.15) is 5.56 Å². The summed E-state index contributed by atoms with van der Waals surface area (Å²) in [5.74, 6) is 3.57. The average molecular weight is 301 g/mol. The first kappa shape index (κ1) is 14.3. The minimum absolute atomic E-state index is 0.0575. The molecule has 0 N–H and O–H groups in total. The van der Waals surface area contributed by atoms with Crippen molar-refractivity contribution in [3.05, 3.63) is 17.7 Å². The van der Waals surface area contributed by atoms with Gasteiger partial charge >= 0.3 is 0 Å². The first-order valence-corrected chi connectivity index (χ1v) is 7.86. The molecule has 1 aliphatic rings. The molecule has 0 bridgehead atoms. The second-order valence-corrected chi connectivity index (χ2v) is 6.21. The van der Waals surface area contributed by atoms with E-state index in [0.29, 0.717) is 17.4 Å². The van der Waals surface area contributed by atoms with Crippen LogP contribution in [0, 0.1) is 0 Å². The highest BCUT2D eigenvalue weighted by Crippen LogP contribution is 2.49. The molecule has 1 heterocycles. The van der Waals surface area contributed by atoms with Crippen molar-refractivity contribution in [1.82, 2.24) is 0 Å². The van der Waals surface area contributed by atoms with Gasteiger partial charge in [0.2, 0.25) is 5.75 Å². The predicted molar refractivity (Wildman–Crippen MR) is 82.6 cm³/mol. The first-order valence-electron chi connectivity index (χ1n) is 5.87. The highest BCUT2D eigenvalue weighted by Gasteiger charge is 2.22. The standard InChI is InChI=1S/C14H17ClO3S/c1-16-11-9-10-5-4-7-19(8-6-15)14(10)13(18-3)12(11)17-2/h4-5,7,9H,6,8H2,1-3H3. The molecule has 1 atom stereocenters. The average Bonchev–Trinajstić information content (AvgIpc) is 2.45. The molecule has 0 fully saturated rings. The Morgan fingerprint density at radius 1 is 1.11 bits per heavy atom. The third kappa shape index (κ3) is 2.60. The Morgan fingerprint density at radius 2 is 1.84 bits per heavy atom. The number of alkyl halides is 1. The molecule has 19 heavy (non-hydrogen) atoms. The number of allylic oxidation sites excluding steroid dienone is 1. The first-order chi connectivity index (χ1) is 9.26. The van der Waals surface area contributed by atoms with Gasteiger partial charge in [0.1, 0.15) is 0 Å². The highest BCUT2D eigenvalue weighted by molar-refractivity contribution is 8.15. The zero-order chi connectivity index (χ0) is 13.8. The summed E-state index contributed by atoms with van der Waals surface area (Å²) in [6, 6.07) is 1.98. The van der Waals surface area contributed by atoms with Gasteiger partial charge in [-0.2, -0.15) is 0 Å². The summed E-state index contributed by atoms with van der Waals surface area (Å²) in [6.07, 6.45) is 4.11. The van der Waals surface area contributed by atoms with Crippen molar-refractivity contribution in [2.75, 3.05) is 33.0 Å². The molecule has 0 radical (unpaired) electrons. The van der Waals surface area contributed by atoms with Crippen LogP contribution in [0.5, 0.6) is 17.2 Å². The van der Waals surface area contributed by atoms with Crippen molar-refractivity contribution in [2.45, 2.75) is 4.90 Å². The van der Waals surface area contributed by atoms with E-state index in [9.17, 15) is 0 Å². The third-order valence-electron chi connectivity index (χ3n) is 2.89. The van der Waals surface area contributed by atoms with Crippen molar-refractivity contribution in [3.63, 3.8) is 0 Å². The van der Waals surface area contributed by atoms with Gasteiger partial charge in [-0.05, 0) is 17.0 Å². The molecule has 3 nitrogen and oxygen atoms in total. The zero-order valence-corrected chi connectivity index (χ0v) is 12.8. The monoisotopic (exact) mass is 300 g/mol. The molecule has 5 heteroatoms. The minimum Gasteiger partial charge on any atom is -0.493 e. The van der Waals surface area contributed by atoms with E-state index in [1.54, 1.807) is 21.3 Å². The highest BCUT2D eigenvalue weighted by atomic mass is 35.5. The fourth-order valence-electron chi connectivity index (χ4n) is 2.10. The number of fused-ring (bicyclic) bond motifs is 1. The maximum Gasteiger partial charge on any atom is 0.204 e. The number of methoxy groups -OCH3 is 3. The molecule has 0 saturated carbocycles. The minimum atomic E-state index is -0.0575. The van der Waals surface area contributed by atoms with Crippen molar-refractivity contribution in [2.24, 2.45) is 0 Å². The molecule has 104 valence electrons. The lowest BCUT2D eigenvalue weighted by Gasteiger charge is -2.22. The number of hydrogen-bond acceptors (Lipinski definition) is 3. The van der Waals surface area contributed by atoms with Gasteiger partial charge < -0.3 is 14.2 Å². The molecule has 0 saturated heterocycles. The molecule has 1 unspecified atom stereocenters. The smallest absolute Gasteiger partial charge is 0.204 e. The molecule has 1 aromatic carbocycles. The van der Waals surface area contributed by atoms with Crippen LogP contribution in [-0.4, -0.2) is 38.3 Å². The molecule has 1 aromatic rings. The van der Waals surface area contributed by atoms with Gasteiger partial charge in [0, 0.05) is 11.6 Å². The van der Waals surface area contributed by atoms with E-state index >= 15 is 0 Å². The Kier molecular flexibility index (Phi) is 4.77. The third-order valence-corrected chi connectivity index (χ3v) is 5.38. The number of hydrogen-bond donors (Lipinski definition) is 0. The number of ether oxygens (including phenoxy) is 3. The summed E-state index contributed by atoms with van der Waals surface area (Å²) in [5, 5.41) is 2.17. The predicted octanol–water partition coefficient (Wildman–Crippen LogP) is 3.41. The molecular weight excluding hydrogens is 284 g/mol. The van der Waals surface area contributed by atoms with Gasteiger partial charge in [-0.25, -0.2) is 0 Å². The zero-order valence-electron chi connectivity index (χ0n) is 11.2. The summed E-state index contributed by atoms with van der Waals surface area (Å²) in [4.78, 5) is 1.14. The van der Waals surface area contributed by atoms with E-state index in [1.807, 2.05) is 6.07 Å². The summed E-state index contributed by atoms with van der Waals surface area (Å²) in [5.41, 5.74) is 1.10. The van der Waals surface area contributed by atoms with E-state index in [1.165, 1.54) is 0 Å². The molecule has 0 spiro atoms. The van der Waals surface area contributed by atoms with Crippen LogP contribution in [0.3, 0.4) is 0 Å². The van der Waals surface area contributed by atoms with E-state index in [0.717, 1.165) is 22.0 Å². The number of benzene rings is 1. The van der Waals surface area contributed by atoms with Crippen LogP contribution >= 0.6 is 22.1 Å². The Labute approximate surface area is 121 Å². The number of rotatable bonds is 5. The van der Waals surface area contributed by atoms with E-state index < -0.39 is 0 Å². The van der Waals surface area contributed by atoms with E-state index in [2.05, 4.69) is 17.5 Å². The fraction of sp³-hybridized carbons (Fsp3) is 0.357. The lowest BCUT2D eigenvalue weighted by Crippen LogP contribution is -2.02. The maximum absolute atomic E-state index is 5.90. The second kappa shape index (κ2) is 6.35. The van der Waals surface area contributed by atoms with Crippen LogP contribution in [0.2, 0.25) is 0 Å². The maximum atomic E-state index is 5.90. The Hall–Kier alpha value is -1.13. The Morgan fingerprint density at radius 3 is 2.42 bits per heavy atom. The van der Waals surface area contributed by atoms with Gasteiger partial charge in [-0.3, -0.25) is 0 Å².